The topological polar surface area (TPSA) is 53.6 Å². The number of benzene rings is 1. The number of unbranched alkanes of at least 4 members (excludes halogenated alkanes) is 1. The van der Waals surface area contributed by atoms with Crippen LogP contribution in [0, 0.1) is 11.8 Å². The summed E-state index contributed by atoms with van der Waals surface area (Å²) < 4.78 is 21.9. The number of carbonyl (C=O) groups is 1. The number of likely N-dealkylation sites (N-methyl/N-ethyl adjacent to an activating group) is 1. The minimum Gasteiger partial charge on any atom is -0.385 e. The maximum absolute atomic E-state index is 16.8. The third-order valence-electron chi connectivity index (χ3n) is 7.87. The Labute approximate surface area is 206 Å². The van der Waals surface area contributed by atoms with Crippen molar-refractivity contribution in [2.75, 3.05) is 40.4 Å². The molecule has 6 heteroatoms. The third-order valence-corrected chi connectivity index (χ3v) is 7.87. The summed E-state index contributed by atoms with van der Waals surface area (Å²) in [6.07, 6.45) is 11.3. The van der Waals surface area contributed by atoms with Gasteiger partial charge in [0.1, 0.15) is 5.67 Å². The first kappa shape index (κ1) is 26.9. The molecule has 1 aliphatic heterocycles. The molecule has 2 N–H and O–H groups in total. The van der Waals surface area contributed by atoms with Crippen LogP contribution in [0.5, 0.6) is 0 Å². The van der Waals surface area contributed by atoms with Crippen LogP contribution in [0.3, 0.4) is 0 Å². The third kappa shape index (κ3) is 7.67. The Morgan fingerprint density at radius 2 is 1.91 bits per heavy atom. The Kier molecular flexibility index (Phi) is 11.1. The second-order valence-corrected chi connectivity index (χ2v) is 10.4. The molecule has 0 radical (unpaired) electrons. The van der Waals surface area contributed by atoms with Gasteiger partial charge in [-0.05, 0) is 57.1 Å². The molecule has 5 nitrogen and oxygen atoms in total. The Hall–Kier alpha value is -1.66. The SMILES string of the molecule is CNC[C@H](CC1CCCCC1)NC(=O)N1CCCC(C(F)(CCCCOC)c2ccccc2)C1. The number of methoxy groups -OCH3 is 1. The van der Waals surface area contributed by atoms with Crippen molar-refractivity contribution < 1.29 is 13.9 Å². The zero-order valence-electron chi connectivity index (χ0n) is 21.4. The molecular formula is C28H46FN3O2. The van der Waals surface area contributed by atoms with Crippen LogP contribution in [0.25, 0.3) is 0 Å². The van der Waals surface area contributed by atoms with Crippen LogP contribution in [0.1, 0.15) is 76.2 Å². The first-order valence-corrected chi connectivity index (χ1v) is 13.5. The number of nitrogens with zero attached hydrogens (tertiary/aromatic N) is 1. The number of piperidine rings is 1. The number of hydrogen-bond acceptors (Lipinski definition) is 3. The van der Waals surface area contributed by atoms with E-state index < -0.39 is 5.67 Å². The van der Waals surface area contributed by atoms with E-state index in [1.807, 2.05) is 42.3 Å². The van der Waals surface area contributed by atoms with E-state index in [0.717, 1.165) is 44.2 Å². The van der Waals surface area contributed by atoms with Gasteiger partial charge in [-0.2, -0.15) is 0 Å². The fourth-order valence-electron chi connectivity index (χ4n) is 5.99. The van der Waals surface area contributed by atoms with E-state index in [9.17, 15) is 4.79 Å². The summed E-state index contributed by atoms with van der Waals surface area (Å²) in [5.74, 6) is 0.503. The summed E-state index contributed by atoms with van der Waals surface area (Å²) in [6.45, 7) is 2.60. The van der Waals surface area contributed by atoms with E-state index in [4.69, 9.17) is 4.74 Å². The molecule has 0 aromatic heterocycles. The van der Waals surface area contributed by atoms with Gasteiger partial charge in [-0.1, -0.05) is 62.4 Å². The monoisotopic (exact) mass is 475 g/mol. The lowest BCUT2D eigenvalue weighted by molar-refractivity contribution is 0.0208. The van der Waals surface area contributed by atoms with Gasteiger partial charge in [0.05, 0.1) is 0 Å². The molecule has 1 saturated heterocycles. The maximum atomic E-state index is 16.8. The van der Waals surface area contributed by atoms with Crippen molar-refractivity contribution in [2.45, 2.75) is 82.3 Å². The molecule has 1 aliphatic carbocycles. The Morgan fingerprint density at radius 1 is 1.15 bits per heavy atom. The minimum atomic E-state index is -1.43. The lowest BCUT2D eigenvalue weighted by Gasteiger charge is -2.41. The minimum absolute atomic E-state index is 0.0319. The Bertz CT molecular complexity index is 713. The molecule has 1 aromatic rings. The van der Waals surface area contributed by atoms with Crippen LogP contribution >= 0.6 is 0 Å². The fraction of sp³-hybridized carbons (Fsp3) is 0.750. The van der Waals surface area contributed by atoms with Gasteiger partial charge >= 0.3 is 6.03 Å². The number of rotatable bonds is 12. The highest BCUT2D eigenvalue weighted by atomic mass is 19.1. The van der Waals surface area contributed by atoms with Gasteiger partial charge in [0.15, 0.2) is 0 Å². The first-order valence-electron chi connectivity index (χ1n) is 13.5. The summed E-state index contributed by atoms with van der Waals surface area (Å²) >= 11 is 0. The largest absolute Gasteiger partial charge is 0.385 e. The first-order chi connectivity index (χ1) is 16.6. The van der Waals surface area contributed by atoms with Crippen molar-refractivity contribution in [3.05, 3.63) is 35.9 Å². The lowest BCUT2D eigenvalue weighted by atomic mass is 9.75. The second kappa shape index (κ2) is 14.0. The molecule has 3 atom stereocenters. The molecule has 2 aliphatic rings. The second-order valence-electron chi connectivity index (χ2n) is 10.4. The van der Waals surface area contributed by atoms with Crippen molar-refractivity contribution in [3.63, 3.8) is 0 Å². The highest BCUT2D eigenvalue weighted by molar-refractivity contribution is 5.74. The van der Waals surface area contributed by atoms with Crippen LogP contribution in [-0.4, -0.2) is 57.4 Å². The number of carbonyl (C=O) groups excluding carboxylic acids is 1. The van der Waals surface area contributed by atoms with Crippen molar-refractivity contribution in [2.24, 2.45) is 11.8 Å². The van der Waals surface area contributed by atoms with E-state index in [2.05, 4.69) is 10.6 Å². The van der Waals surface area contributed by atoms with E-state index in [0.29, 0.717) is 32.0 Å². The van der Waals surface area contributed by atoms with Gasteiger partial charge in [0, 0.05) is 45.3 Å². The smallest absolute Gasteiger partial charge is 0.317 e. The highest BCUT2D eigenvalue weighted by Gasteiger charge is 2.43. The molecule has 1 saturated carbocycles. The van der Waals surface area contributed by atoms with E-state index in [-0.39, 0.29) is 18.0 Å². The van der Waals surface area contributed by atoms with E-state index in [1.165, 1.54) is 32.1 Å². The van der Waals surface area contributed by atoms with Crippen LogP contribution in [0.2, 0.25) is 0 Å². The van der Waals surface area contributed by atoms with Gasteiger partial charge in [-0.25, -0.2) is 9.18 Å². The van der Waals surface area contributed by atoms with Crippen LogP contribution in [-0.2, 0) is 10.4 Å². The average Bonchev–Trinajstić information content (AvgIpc) is 2.88. The summed E-state index contributed by atoms with van der Waals surface area (Å²) in [4.78, 5) is 15.1. The van der Waals surface area contributed by atoms with Crippen molar-refractivity contribution >= 4 is 6.03 Å². The van der Waals surface area contributed by atoms with Crippen molar-refractivity contribution in [1.29, 1.82) is 0 Å². The predicted molar refractivity (Wildman–Crippen MR) is 137 cm³/mol. The predicted octanol–water partition coefficient (Wildman–Crippen LogP) is 5.65. The fourth-order valence-corrected chi connectivity index (χ4v) is 5.99. The Balaban J connectivity index is 1.64. The molecule has 2 unspecified atom stereocenters. The quantitative estimate of drug-likeness (QED) is 0.384. The van der Waals surface area contributed by atoms with Gasteiger partial charge in [0.2, 0.25) is 0 Å². The van der Waals surface area contributed by atoms with Crippen molar-refractivity contribution in [3.8, 4) is 0 Å². The molecule has 3 rings (SSSR count). The molecule has 0 bridgehead atoms. The number of likely N-dealkylation sites (tertiary alicyclic amines) is 1. The molecule has 1 heterocycles. The lowest BCUT2D eigenvalue weighted by Crippen LogP contribution is -2.53. The number of amides is 2. The molecule has 2 fully saturated rings. The van der Waals surface area contributed by atoms with Gasteiger partial charge in [0.25, 0.3) is 0 Å². The number of ether oxygens (including phenoxy) is 1. The Morgan fingerprint density at radius 3 is 2.62 bits per heavy atom. The number of alkyl halides is 1. The van der Waals surface area contributed by atoms with E-state index in [1.54, 1.807) is 7.11 Å². The van der Waals surface area contributed by atoms with Gasteiger partial charge in [-0.3, -0.25) is 0 Å². The number of nitrogens with one attached hydrogen (secondary N) is 2. The summed E-state index contributed by atoms with van der Waals surface area (Å²) in [5, 5.41) is 6.54. The van der Waals surface area contributed by atoms with Crippen LogP contribution in [0.4, 0.5) is 9.18 Å². The molecule has 0 spiro atoms. The molecule has 1 aromatic carbocycles. The average molecular weight is 476 g/mol. The van der Waals surface area contributed by atoms with Gasteiger partial charge < -0.3 is 20.3 Å². The normalized spacial score (nSPS) is 22.2. The van der Waals surface area contributed by atoms with Crippen LogP contribution in [0.15, 0.2) is 30.3 Å². The zero-order chi connectivity index (χ0) is 24.2. The molecule has 192 valence electrons. The van der Waals surface area contributed by atoms with Gasteiger partial charge in [-0.15, -0.1) is 0 Å². The van der Waals surface area contributed by atoms with Crippen LogP contribution < -0.4 is 10.6 Å². The van der Waals surface area contributed by atoms with E-state index >= 15 is 4.39 Å². The summed E-state index contributed by atoms with van der Waals surface area (Å²) in [6, 6.07) is 9.67. The number of halogens is 1. The standard InChI is InChI=1S/C28H46FN3O2/c1-30-21-26(20-23-12-5-3-6-13-23)31-27(33)32-18-11-16-25(22-32)28(29,17-9-10-19-34-2)24-14-7-4-8-15-24/h4,7-8,14-15,23,25-26,30H,3,5-6,9-13,16-22H2,1-2H3,(H,31,33)/t25?,26-,28?/m0/s1. The number of urea groups is 1. The maximum Gasteiger partial charge on any atom is 0.317 e. The zero-order valence-corrected chi connectivity index (χ0v) is 21.4. The molecular weight excluding hydrogens is 429 g/mol. The summed E-state index contributed by atoms with van der Waals surface area (Å²) in [7, 11) is 3.63. The number of hydrogen-bond donors (Lipinski definition) is 2. The highest BCUT2D eigenvalue weighted by Crippen LogP contribution is 2.43. The summed E-state index contributed by atoms with van der Waals surface area (Å²) in [5.41, 5.74) is -0.689. The molecule has 34 heavy (non-hydrogen) atoms. The van der Waals surface area contributed by atoms with Crippen molar-refractivity contribution in [1.82, 2.24) is 15.5 Å². The molecule has 2 amide bonds.